The number of fused-ring (bicyclic) bond motifs is 5. The minimum atomic E-state index is -0.412. The number of aromatic hydroxyl groups is 2. The molecule has 0 radical (unpaired) electrons. The van der Waals surface area contributed by atoms with Crippen molar-refractivity contribution in [3.8, 4) is 39.9 Å². The second-order valence-electron chi connectivity index (χ2n) is 10.9. The molecule has 3 aromatic carbocycles. The molecule has 4 atom stereocenters. The molecule has 0 aromatic heterocycles. The van der Waals surface area contributed by atoms with Gasteiger partial charge in [-0.05, 0) is 65.9 Å². The van der Waals surface area contributed by atoms with Crippen LogP contribution in [0.4, 0.5) is 0 Å². The van der Waals surface area contributed by atoms with Crippen LogP contribution in [0.25, 0.3) is 11.1 Å². The lowest BCUT2D eigenvalue weighted by Crippen LogP contribution is -3.07. The Morgan fingerprint density at radius 2 is 1.90 bits per heavy atom. The molecule has 3 aliphatic rings. The van der Waals surface area contributed by atoms with Crippen molar-refractivity contribution in [1.82, 2.24) is 10.6 Å². The summed E-state index contributed by atoms with van der Waals surface area (Å²) in [6.07, 6.45) is 5.93. The maximum Gasteiger partial charge on any atom is 0.160 e. The Balaban J connectivity index is 1.47. The summed E-state index contributed by atoms with van der Waals surface area (Å²) in [5.74, 6) is 2.49. The minimum absolute atomic E-state index is 0.0774. The van der Waals surface area contributed by atoms with Crippen LogP contribution in [0.3, 0.4) is 0 Å². The fourth-order valence-corrected chi connectivity index (χ4v) is 6.48. The van der Waals surface area contributed by atoms with Gasteiger partial charge in [-0.1, -0.05) is 12.1 Å². The van der Waals surface area contributed by atoms with E-state index in [-0.39, 0.29) is 23.5 Å². The van der Waals surface area contributed by atoms with E-state index in [1.165, 1.54) is 17.6 Å². The van der Waals surface area contributed by atoms with Gasteiger partial charge in [-0.3, -0.25) is 10.2 Å². The topological polar surface area (TPSA) is 106 Å². The van der Waals surface area contributed by atoms with Gasteiger partial charge >= 0.3 is 0 Å². The molecule has 41 heavy (non-hydrogen) atoms. The molecule has 0 saturated heterocycles. The highest BCUT2D eigenvalue weighted by atomic mass is 16.6. The molecular formula is C32H38N3O6+. The Morgan fingerprint density at radius 3 is 2.66 bits per heavy atom. The number of hydrogen-bond acceptors (Lipinski definition) is 8. The Bertz CT molecular complexity index is 1460. The van der Waals surface area contributed by atoms with Crippen LogP contribution >= 0.6 is 0 Å². The van der Waals surface area contributed by atoms with E-state index in [9.17, 15) is 10.2 Å². The zero-order valence-electron chi connectivity index (χ0n) is 23.7. The lowest BCUT2D eigenvalue weighted by molar-refractivity contribution is -0.843. The van der Waals surface area contributed by atoms with Gasteiger partial charge in [-0.25, -0.2) is 0 Å². The van der Waals surface area contributed by atoms with E-state index in [1.807, 2.05) is 43.6 Å². The maximum absolute atomic E-state index is 10.3. The third kappa shape index (κ3) is 5.16. The van der Waals surface area contributed by atoms with Gasteiger partial charge in [-0.2, -0.15) is 0 Å². The number of rotatable bonds is 9. The number of phenols is 2. The predicted octanol–water partition coefficient (Wildman–Crippen LogP) is 2.97. The first-order chi connectivity index (χ1) is 20.0. The fourth-order valence-electron chi connectivity index (χ4n) is 6.48. The summed E-state index contributed by atoms with van der Waals surface area (Å²) in [5, 5.41) is 26.9. The standard InChI is InChI=1S/C32H37N3O6/c1-33-18-40-29-15-24-26(41-32(29)20-4-7-25(37)27(14-20)38-2)16-28(39-3)31-23-6-5-22(36)13-21(23)12-19(30(24)31)8-10-35-11-9-34-17-35/h4-7,9,11,13-14,16,19,29,32-34,36-37H,8,10,12,15,17-18H2,1-3H3/p+1. The van der Waals surface area contributed by atoms with E-state index in [0.29, 0.717) is 18.9 Å². The molecule has 2 heterocycles. The summed E-state index contributed by atoms with van der Waals surface area (Å²) in [7, 11) is 5.09. The number of methoxy groups -OCH3 is 2. The lowest BCUT2D eigenvalue weighted by atomic mass is 9.73. The second kappa shape index (κ2) is 11.5. The largest absolute Gasteiger partial charge is 0.508 e. The minimum Gasteiger partial charge on any atom is -0.508 e. The number of quaternary nitrogens is 1. The first-order valence-corrected chi connectivity index (χ1v) is 14.1. The molecule has 0 fully saturated rings. The number of benzene rings is 3. The van der Waals surface area contributed by atoms with E-state index < -0.39 is 6.10 Å². The van der Waals surface area contributed by atoms with Crippen LogP contribution in [0, 0.1) is 0 Å². The summed E-state index contributed by atoms with van der Waals surface area (Å²) >= 11 is 0. The molecule has 216 valence electrons. The molecule has 0 amide bonds. The Kier molecular flexibility index (Phi) is 7.66. The van der Waals surface area contributed by atoms with Crippen molar-refractivity contribution < 1.29 is 34.1 Å². The molecular weight excluding hydrogens is 522 g/mol. The first-order valence-electron chi connectivity index (χ1n) is 14.1. The van der Waals surface area contributed by atoms with Gasteiger partial charge in [0, 0.05) is 30.0 Å². The van der Waals surface area contributed by atoms with Crippen LogP contribution < -0.4 is 29.7 Å². The van der Waals surface area contributed by atoms with Crippen molar-refractivity contribution in [1.29, 1.82) is 0 Å². The van der Waals surface area contributed by atoms with Crippen molar-refractivity contribution in [2.24, 2.45) is 0 Å². The summed E-state index contributed by atoms with van der Waals surface area (Å²) in [4.78, 5) is 1.39. The van der Waals surface area contributed by atoms with Crippen LogP contribution in [0.2, 0.25) is 0 Å². The Morgan fingerprint density at radius 1 is 1.05 bits per heavy atom. The average Bonchev–Trinajstić information content (AvgIpc) is 3.51. The van der Waals surface area contributed by atoms with Gasteiger partial charge in [0.15, 0.2) is 24.3 Å². The normalized spacial score (nSPS) is 22.2. The highest BCUT2D eigenvalue weighted by Crippen LogP contribution is 2.53. The maximum atomic E-state index is 10.3. The second-order valence-corrected chi connectivity index (χ2v) is 10.9. The van der Waals surface area contributed by atoms with E-state index in [2.05, 4.69) is 16.8 Å². The van der Waals surface area contributed by atoms with Gasteiger partial charge in [0.25, 0.3) is 0 Å². The molecule has 0 saturated carbocycles. The molecule has 2 aliphatic heterocycles. The first kappa shape index (κ1) is 27.3. The highest BCUT2D eigenvalue weighted by Gasteiger charge is 2.39. The summed E-state index contributed by atoms with van der Waals surface area (Å²) in [6.45, 7) is 2.23. The van der Waals surface area contributed by atoms with Gasteiger partial charge < -0.3 is 34.5 Å². The smallest absolute Gasteiger partial charge is 0.160 e. The van der Waals surface area contributed by atoms with Gasteiger partial charge in [-0.15, -0.1) is 0 Å². The summed E-state index contributed by atoms with van der Waals surface area (Å²) < 4.78 is 24.5. The zero-order chi connectivity index (χ0) is 28.5. The SMILES string of the molecule is CNCOC1Cc2c(cc(OC)c3c2C(CC[NH+]2C=CNC2)Cc2cc(O)ccc2-3)OC1c1ccc(O)c(OC)c1. The summed E-state index contributed by atoms with van der Waals surface area (Å²) in [6, 6.07) is 12.9. The van der Waals surface area contributed by atoms with E-state index in [0.717, 1.165) is 65.4 Å². The van der Waals surface area contributed by atoms with Crippen LogP contribution in [0.1, 0.15) is 40.7 Å². The summed E-state index contributed by atoms with van der Waals surface area (Å²) in [5.41, 5.74) is 6.52. The van der Waals surface area contributed by atoms with E-state index in [4.69, 9.17) is 18.9 Å². The van der Waals surface area contributed by atoms with Crippen molar-refractivity contribution in [2.45, 2.75) is 37.4 Å². The van der Waals surface area contributed by atoms with Crippen LogP contribution in [-0.4, -0.2) is 57.5 Å². The van der Waals surface area contributed by atoms with Gasteiger partial charge in [0.1, 0.15) is 29.6 Å². The van der Waals surface area contributed by atoms with Crippen molar-refractivity contribution in [2.75, 3.05) is 41.2 Å². The Hall–Kier alpha value is -3.92. The van der Waals surface area contributed by atoms with Gasteiger partial charge in [0.2, 0.25) is 0 Å². The molecule has 9 nitrogen and oxygen atoms in total. The number of ether oxygens (including phenoxy) is 4. The molecule has 6 rings (SSSR count). The number of phenolic OH excluding ortho intramolecular Hbond substituents is 2. The van der Waals surface area contributed by atoms with Crippen molar-refractivity contribution in [3.05, 3.63) is 77.1 Å². The van der Waals surface area contributed by atoms with Gasteiger partial charge in [0.05, 0.1) is 33.7 Å². The van der Waals surface area contributed by atoms with Crippen LogP contribution in [-0.2, 0) is 17.6 Å². The fraction of sp³-hybridized carbons (Fsp3) is 0.375. The third-order valence-corrected chi connectivity index (χ3v) is 8.40. The molecule has 1 aliphatic carbocycles. The van der Waals surface area contributed by atoms with E-state index in [1.54, 1.807) is 19.2 Å². The lowest BCUT2D eigenvalue weighted by Gasteiger charge is -2.39. The quantitative estimate of drug-likeness (QED) is 0.255. The predicted molar refractivity (Wildman–Crippen MR) is 155 cm³/mol. The third-order valence-electron chi connectivity index (χ3n) is 8.40. The monoisotopic (exact) mass is 560 g/mol. The van der Waals surface area contributed by atoms with Crippen molar-refractivity contribution in [3.63, 3.8) is 0 Å². The number of nitrogens with one attached hydrogen (secondary N) is 3. The van der Waals surface area contributed by atoms with Crippen molar-refractivity contribution >= 4 is 0 Å². The van der Waals surface area contributed by atoms with Crippen LogP contribution in [0.5, 0.6) is 28.7 Å². The molecule has 0 spiro atoms. The molecule has 9 heteroatoms. The highest BCUT2D eigenvalue weighted by molar-refractivity contribution is 5.83. The number of hydrogen-bond donors (Lipinski definition) is 5. The van der Waals surface area contributed by atoms with Crippen LogP contribution in [0.15, 0.2) is 54.9 Å². The molecule has 3 aromatic rings. The van der Waals surface area contributed by atoms with E-state index >= 15 is 0 Å². The molecule has 0 bridgehead atoms. The molecule has 4 unspecified atom stereocenters. The average molecular weight is 561 g/mol. The Labute approximate surface area is 240 Å². The zero-order valence-corrected chi connectivity index (χ0v) is 23.7. The molecule has 5 N–H and O–H groups in total.